The lowest BCUT2D eigenvalue weighted by atomic mass is 10.2. The molecule has 1 fully saturated rings. The zero-order valence-electron chi connectivity index (χ0n) is 17.8. The van der Waals surface area contributed by atoms with Gasteiger partial charge < -0.3 is 9.80 Å². The molecular formula is C22H26N6O2S. The van der Waals surface area contributed by atoms with Crippen LogP contribution in [-0.2, 0) is 4.79 Å². The molecule has 0 unspecified atom stereocenters. The summed E-state index contributed by atoms with van der Waals surface area (Å²) in [5, 5.41) is 0.695. The second-order valence-electron chi connectivity index (χ2n) is 7.37. The van der Waals surface area contributed by atoms with Crippen molar-refractivity contribution in [1.29, 1.82) is 0 Å². The van der Waals surface area contributed by atoms with Crippen molar-refractivity contribution < 1.29 is 9.59 Å². The van der Waals surface area contributed by atoms with Crippen molar-refractivity contribution in [2.24, 2.45) is 0 Å². The molecule has 9 heteroatoms. The van der Waals surface area contributed by atoms with Gasteiger partial charge in [-0.1, -0.05) is 12.1 Å². The number of rotatable bonds is 6. The summed E-state index contributed by atoms with van der Waals surface area (Å²) in [5.41, 5.74) is 1.74. The molecule has 0 radical (unpaired) electrons. The summed E-state index contributed by atoms with van der Waals surface area (Å²) in [7, 11) is 0. The number of fused-ring (bicyclic) bond motifs is 1. The first-order chi connectivity index (χ1) is 15.1. The van der Waals surface area contributed by atoms with E-state index >= 15 is 0 Å². The third kappa shape index (κ3) is 4.57. The second kappa shape index (κ2) is 9.49. The molecule has 0 bridgehead atoms. The van der Waals surface area contributed by atoms with E-state index in [0.29, 0.717) is 49.1 Å². The van der Waals surface area contributed by atoms with Gasteiger partial charge in [0.15, 0.2) is 5.69 Å². The summed E-state index contributed by atoms with van der Waals surface area (Å²) < 4.78 is 1.05. The van der Waals surface area contributed by atoms with Crippen LogP contribution in [0.3, 0.4) is 0 Å². The van der Waals surface area contributed by atoms with E-state index in [2.05, 4.69) is 19.9 Å². The van der Waals surface area contributed by atoms with Gasteiger partial charge in [-0.25, -0.2) is 15.0 Å². The average molecular weight is 439 g/mol. The Labute approximate surface area is 185 Å². The van der Waals surface area contributed by atoms with E-state index in [-0.39, 0.29) is 11.8 Å². The van der Waals surface area contributed by atoms with E-state index in [9.17, 15) is 9.59 Å². The summed E-state index contributed by atoms with van der Waals surface area (Å²) in [6.45, 7) is 8.24. The fourth-order valence-electron chi connectivity index (χ4n) is 3.75. The Bertz CT molecular complexity index is 1040. The van der Waals surface area contributed by atoms with Crippen molar-refractivity contribution in [3.8, 4) is 10.7 Å². The number of para-hydroxylation sites is 1. The SMILES string of the molecule is CCN(CC)C(=O)CN1CCN(C(=O)c2nccnc2-c2nc3ccccc3s2)CC1. The first-order valence-corrected chi connectivity index (χ1v) is 11.4. The van der Waals surface area contributed by atoms with Gasteiger partial charge in [-0.05, 0) is 26.0 Å². The lowest BCUT2D eigenvalue weighted by molar-refractivity contribution is -0.132. The minimum absolute atomic E-state index is 0.136. The van der Waals surface area contributed by atoms with Gasteiger partial charge in [0.1, 0.15) is 10.7 Å². The van der Waals surface area contributed by atoms with Crippen LogP contribution in [0.4, 0.5) is 0 Å². The van der Waals surface area contributed by atoms with Crippen LogP contribution in [-0.4, -0.2) is 87.3 Å². The van der Waals surface area contributed by atoms with Crippen molar-refractivity contribution in [3.63, 3.8) is 0 Å². The Hall–Kier alpha value is -2.91. The van der Waals surface area contributed by atoms with E-state index in [1.54, 1.807) is 17.3 Å². The van der Waals surface area contributed by atoms with Gasteiger partial charge in [0.2, 0.25) is 5.91 Å². The highest BCUT2D eigenvalue weighted by atomic mass is 32.1. The van der Waals surface area contributed by atoms with Crippen molar-refractivity contribution >= 4 is 33.4 Å². The highest BCUT2D eigenvalue weighted by Gasteiger charge is 2.28. The minimum atomic E-state index is -0.142. The molecule has 1 aliphatic heterocycles. The van der Waals surface area contributed by atoms with Crippen molar-refractivity contribution in [3.05, 3.63) is 42.4 Å². The fourth-order valence-corrected chi connectivity index (χ4v) is 4.71. The maximum Gasteiger partial charge on any atom is 0.274 e. The summed E-state index contributed by atoms with van der Waals surface area (Å²) in [6, 6.07) is 7.87. The monoisotopic (exact) mass is 438 g/mol. The van der Waals surface area contributed by atoms with Crippen molar-refractivity contribution in [2.75, 3.05) is 45.8 Å². The van der Waals surface area contributed by atoms with Crippen LogP contribution in [0.2, 0.25) is 0 Å². The Morgan fingerprint density at radius 2 is 1.74 bits per heavy atom. The predicted octanol–water partition coefficient (Wildman–Crippen LogP) is 2.38. The summed E-state index contributed by atoms with van der Waals surface area (Å²) in [6.07, 6.45) is 3.14. The molecule has 162 valence electrons. The molecule has 0 N–H and O–H groups in total. The third-order valence-corrected chi connectivity index (χ3v) is 6.57. The number of benzene rings is 1. The Morgan fingerprint density at radius 1 is 1.03 bits per heavy atom. The lowest BCUT2D eigenvalue weighted by Gasteiger charge is -2.35. The molecule has 31 heavy (non-hydrogen) atoms. The molecule has 1 saturated heterocycles. The number of carbonyl (C=O) groups excluding carboxylic acids is 2. The Morgan fingerprint density at radius 3 is 2.45 bits per heavy atom. The number of piperazine rings is 1. The number of carbonyl (C=O) groups is 2. The maximum atomic E-state index is 13.2. The smallest absolute Gasteiger partial charge is 0.274 e. The Kier molecular flexibility index (Phi) is 6.53. The first-order valence-electron chi connectivity index (χ1n) is 10.6. The Balaban J connectivity index is 1.46. The van der Waals surface area contributed by atoms with Gasteiger partial charge in [0.05, 0.1) is 16.8 Å². The van der Waals surface area contributed by atoms with Crippen LogP contribution in [0.25, 0.3) is 20.9 Å². The number of nitrogens with zero attached hydrogens (tertiary/aromatic N) is 6. The van der Waals surface area contributed by atoms with Crippen LogP contribution >= 0.6 is 11.3 Å². The minimum Gasteiger partial charge on any atom is -0.342 e. The van der Waals surface area contributed by atoms with E-state index in [1.807, 2.05) is 43.0 Å². The second-order valence-corrected chi connectivity index (χ2v) is 8.41. The van der Waals surface area contributed by atoms with E-state index in [1.165, 1.54) is 11.3 Å². The molecule has 2 aromatic heterocycles. The average Bonchev–Trinajstić information content (AvgIpc) is 3.24. The normalized spacial score (nSPS) is 14.7. The maximum absolute atomic E-state index is 13.2. The van der Waals surface area contributed by atoms with Gasteiger partial charge in [-0.15, -0.1) is 11.3 Å². The highest BCUT2D eigenvalue weighted by Crippen LogP contribution is 2.30. The van der Waals surface area contributed by atoms with Crippen molar-refractivity contribution in [2.45, 2.75) is 13.8 Å². The molecule has 3 aromatic rings. The van der Waals surface area contributed by atoms with Gasteiger partial charge in [-0.3, -0.25) is 14.5 Å². The van der Waals surface area contributed by atoms with E-state index < -0.39 is 0 Å². The molecule has 0 saturated carbocycles. The van der Waals surface area contributed by atoms with Crippen LogP contribution < -0.4 is 0 Å². The zero-order valence-corrected chi connectivity index (χ0v) is 18.6. The first kappa shape index (κ1) is 21.3. The standard InChI is InChI=1S/C22H26N6O2S/c1-3-27(4-2)18(29)15-26-11-13-28(14-12-26)22(30)20-19(23-9-10-24-20)21-25-16-7-5-6-8-17(16)31-21/h5-10H,3-4,11-15H2,1-2H3. The number of aromatic nitrogens is 3. The topological polar surface area (TPSA) is 82.5 Å². The van der Waals surface area contributed by atoms with Crippen molar-refractivity contribution in [1.82, 2.24) is 29.7 Å². The molecular weight excluding hydrogens is 412 g/mol. The van der Waals surface area contributed by atoms with Gasteiger partial charge in [0, 0.05) is 51.7 Å². The highest BCUT2D eigenvalue weighted by molar-refractivity contribution is 7.21. The molecule has 0 aliphatic carbocycles. The molecule has 2 amide bonds. The predicted molar refractivity (Wildman–Crippen MR) is 121 cm³/mol. The lowest BCUT2D eigenvalue weighted by Crippen LogP contribution is -2.51. The van der Waals surface area contributed by atoms with Gasteiger partial charge in [-0.2, -0.15) is 0 Å². The van der Waals surface area contributed by atoms with Gasteiger partial charge >= 0.3 is 0 Å². The van der Waals surface area contributed by atoms with Crippen LogP contribution in [0, 0.1) is 0 Å². The quantitative estimate of drug-likeness (QED) is 0.588. The number of hydrogen-bond acceptors (Lipinski definition) is 7. The molecule has 0 spiro atoms. The van der Waals surface area contributed by atoms with E-state index in [4.69, 9.17) is 0 Å². The number of amides is 2. The third-order valence-electron chi connectivity index (χ3n) is 5.53. The molecule has 8 nitrogen and oxygen atoms in total. The van der Waals surface area contributed by atoms with E-state index in [0.717, 1.165) is 23.3 Å². The molecule has 4 rings (SSSR count). The summed E-state index contributed by atoms with van der Waals surface area (Å²) in [5.74, 6) is -0.00565. The van der Waals surface area contributed by atoms with Crippen LogP contribution in [0.15, 0.2) is 36.7 Å². The molecule has 1 aromatic carbocycles. The number of likely N-dealkylation sites (N-methyl/N-ethyl adjacent to an activating group) is 1. The molecule has 1 aliphatic rings. The largest absolute Gasteiger partial charge is 0.342 e. The number of hydrogen-bond donors (Lipinski definition) is 0. The fraction of sp³-hybridized carbons (Fsp3) is 0.409. The molecule has 0 atom stereocenters. The van der Waals surface area contributed by atoms with Crippen LogP contribution in [0.5, 0.6) is 0 Å². The molecule has 3 heterocycles. The summed E-state index contributed by atoms with van der Waals surface area (Å²) in [4.78, 5) is 44.8. The summed E-state index contributed by atoms with van der Waals surface area (Å²) >= 11 is 1.51. The number of thiazole rings is 1. The zero-order chi connectivity index (χ0) is 21.8. The van der Waals surface area contributed by atoms with Gasteiger partial charge in [0.25, 0.3) is 5.91 Å². The van der Waals surface area contributed by atoms with Crippen LogP contribution in [0.1, 0.15) is 24.3 Å².